The Hall–Kier alpha value is -3.54. The van der Waals surface area contributed by atoms with Gasteiger partial charge in [-0.05, 0) is 56.2 Å². The van der Waals surface area contributed by atoms with Crippen molar-refractivity contribution in [3.63, 3.8) is 0 Å². The van der Waals surface area contributed by atoms with Crippen LogP contribution in [0.1, 0.15) is 49.5 Å². The van der Waals surface area contributed by atoms with Crippen molar-refractivity contribution < 1.29 is 19.1 Å². The largest absolute Gasteiger partial charge is 0.496 e. The number of likely N-dealkylation sites (tertiary alicyclic amines) is 1. The zero-order chi connectivity index (χ0) is 24.2. The Balaban J connectivity index is 1.51. The second-order valence-corrected chi connectivity index (χ2v) is 9.32. The summed E-state index contributed by atoms with van der Waals surface area (Å²) in [5, 5.41) is 16.0. The highest BCUT2D eigenvalue weighted by atomic mass is 16.5. The maximum absolute atomic E-state index is 13.5. The lowest BCUT2D eigenvalue weighted by Gasteiger charge is -2.38. The second kappa shape index (κ2) is 10.2. The summed E-state index contributed by atoms with van der Waals surface area (Å²) in [4.78, 5) is 43.6. The van der Waals surface area contributed by atoms with E-state index in [1.807, 2.05) is 18.2 Å². The summed E-state index contributed by atoms with van der Waals surface area (Å²) in [6, 6.07) is 7.97. The van der Waals surface area contributed by atoms with E-state index in [0.29, 0.717) is 37.4 Å². The van der Waals surface area contributed by atoms with Gasteiger partial charge in [0.1, 0.15) is 23.5 Å². The third kappa shape index (κ3) is 4.86. The van der Waals surface area contributed by atoms with Crippen LogP contribution in [0.2, 0.25) is 0 Å². The van der Waals surface area contributed by atoms with Gasteiger partial charge in [0.15, 0.2) is 0 Å². The van der Waals surface area contributed by atoms with Crippen molar-refractivity contribution in [2.75, 3.05) is 20.2 Å². The highest BCUT2D eigenvalue weighted by molar-refractivity contribution is 6.01. The average molecular weight is 466 g/mol. The van der Waals surface area contributed by atoms with Gasteiger partial charge < -0.3 is 25.3 Å². The molecule has 1 aromatic heterocycles. The molecule has 0 bridgehead atoms. The van der Waals surface area contributed by atoms with Crippen LogP contribution in [0, 0.1) is 23.2 Å². The lowest BCUT2D eigenvalue weighted by Crippen LogP contribution is -2.55. The maximum Gasteiger partial charge on any atom is 0.270 e. The summed E-state index contributed by atoms with van der Waals surface area (Å²) in [7, 11) is 1.58. The molecule has 2 aromatic rings. The van der Waals surface area contributed by atoms with E-state index < -0.39 is 12.1 Å². The molecule has 9 heteroatoms. The molecular formula is C25H31N5O4. The molecule has 0 aliphatic carbocycles. The molecule has 3 N–H and O–H groups in total. The maximum atomic E-state index is 13.5. The standard InChI is InChI=1S/C25H31N5O4/c1-15-8-9-21(24(32)28-17(13-26)11-16-5-4-10-27-23(16)31)30(14-15)25(33)20-12-18-19(29-20)6-3-7-22(18)34-2/h3,6-7,12,15-17,21,29H,4-5,8-11,14H2,1-2H3,(H,27,31)(H,28,32)/t15?,16-,17-,21-/m0/s1. The van der Waals surface area contributed by atoms with E-state index in [4.69, 9.17) is 4.74 Å². The number of nitrogens with one attached hydrogen (secondary N) is 3. The van der Waals surface area contributed by atoms with Crippen LogP contribution < -0.4 is 15.4 Å². The monoisotopic (exact) mass is 465 g/mol. The number of nitriles is 1. The average Bonchev–Trinajstić information content (AvgIpc) is 3.28. The summed E-state index contributed by atoms with van der Waals surface area (Å²) < 4.78 is 5.40. The number of methoxy groups -OCH3 is 1. The van der Waals surface area contributed by atoms with Gasteiger partial charge in [-0.25, -0.2) is 0 Å². The number of piperidine rings is 2. The Morgan fingerprint density at radius 2 is 2.15 bits per heavy atom. The molecule has 3 amide bonds. The third-order valence-corrected chi connectivity index (χ3v) is 6.85. The fourth-order valence-corrected chi connectivity index (χ4v) is 4.98. The predicted octanol–water partition coefficient (Wildman–Crippen LogP) is 2.34. The first-order valence-corrected chi connectivity index (χ1v) is 11.9. The molecule has 2 fully saturated rings. The zero-order valence-electron chi connectivity index (χ0n) is 19.6. The molecule has 34 heavy (non-hydrogen) atoms. The summed E-state index contributed by atoms with van der Waals surface area (Å²) >= 11 is 0. The van der Waals surface area contributed by atoms with Crippen LogP contribution in [0.15, 0.2) is 24.3 Å². The van der Waals surface area contributed by atoms with Gasteiger partial charge in [-0.1, -0.05) is 13.0 Å². The van der Waals surface area contributed by atoms with Crippen LogP contribution >= 0.6 is 0 Å². The van der Waals surface area contributed by atoms with Crippen molar-refractivity contribution >= 4 is 28.6 Å². The minimum absolute atomic E-state index is 0.0710. The molecule has 0 spiro atoms. The summed E-state index contributed by atoms with van der Waals surface area (Å²) in [6.45, 7) is 3.16. The van der Waals surface area contributed by atoms with Crippen LogP contribution in [0.5, 0.6) is 5.75 Å². The smallest absolute Gasteiger partial charge is 0.270 e. The minimum Gasteiger partial charge on any atom is -0.496 e. The van der Waals surface area contributed by atoms with Crippen LogP contribution in [-0.2, 0) is 9.59 Å². The normalized spacial score (nSPS) is 23.6. The lowest BCUT2D eigenvalue weighted by molar-refractivity contribution is -0.129. The Labute approximate surface area is 198 Å². The van der Waals surface area contributed by atoms with Gasteiger partial charge in [-0.15, -0.1) is 0 Å². The molecular weight excluding hydrogens is 434 g/mol. The Kier molecular flexibility index (Phi) is 7.06. The molecule has 4 rings (SSSR count). The Morgan fingerprint density at radius 3 is 2.88 bits per heavy atom. The molecule has 0 radical (unpaired) electrons. The first-order valence-electron chi connectivity index (χ1n) is 11.9. The molecule has 2 aliphatic rings. The first kappa shape index (κ1) is 23.6. The van der Waals surface area contributed by atoms with Gasteiger partial charge in [-0.3, -0.25) is 14.4 Å². The highest BCUT2D eigenvalue weighted by Crippen LogP contribution is 2.29. The number of nitrogens with zero attached hydrogens (tertiary/aromatic N) is 2. The van der Waals surface area contributed by atoms with E-state index in [1.165, 1.54) is 0 Å². The van der Waals surface area contributed by atoms with Crippen LogP contribution in [-0.4, -0.2) is 59.9 Å². The summed E-state index contributed by atoms with van der Waals surface area (Å²) in [6.07, 6.45) is 3.16. The van der Waals surface area contributed by atoms with E-state index in [2.05, 4.69) is 28.6 Å². The molecule has 1 unspecified atom stereocenters. The second-order valence-electron chi connectivity index (χ2n) is 9.32. The fraction of sp³-hybridized carbons (Fsp3) is 0.520. The molecule has 4 atom stereocenters. The number of rotatable bonds is 6. The molecule has 2 saturated heterocycles. The topological polar surface area (TPSA) is 127 Å². The van der Waals surface area contributed by atoms with Crippen molar-refractivity contribution in [1.29, 1.82) is 5.26 Å². The molecule has 2 aliphatic heterocycles. The lowest BCUT2D eigenvalue weighted by atomic mass is 9.91. The van der Waals surface area contributed by atoms with Crippen molar-refractivity contribution in [2.24, 2.45) is 11.8 Å². The number of fused-ring (bicyclic) bond motifs is 1. The quantitative estimate of drug-likeness (QED) is 0.603. The number of aromatic nitrogens is 1. The summed E-state index contributed by atoms with van der Waals surface area (Å²) in [5.41, 5.74) is 1.17. The van der Waals surface area contributed by atoms with E-state index >= 15 is 0 Å². The molecule has 0 saturated carbocycles. The van der Waals surface area contributed by atoms with Gasteiger partial charge in [0.25, 0.3) is 5.91 Å². The van der Waals surface area contributed by atoms with Gasteiger partial charge in [0, 0.05) is 29.9 Å². The Morgan fingerprint density at radius 1 is 1.32 bits per heavy atom. The highest BCUT2D eigenvalue weighted by Gasteiger charge is 2.37. The number of carbonyl (C=O) groups excluding carboxylic acids is 3. The zero-order valence-corrected chi connectivity index (χ0v) is 19.6. The van der Waals surface area contributed by atoms with Crippen molar-refractivity contribution in [3.05, 3.63) is 30.0 Å². The fourth-order valence-electron chi connectivity index (χ4n) is 4.98. The third-order valence-electron chi connectivity index (χ3n) is 6.85. The van der Waals surface area contributed by atoms with Crippen molar-refractivity contribution in [3.8, 4) is 11.8 Å². The van der Waals surface area contributed by atoms with E-state index in [0.717, 1.165) is 23.7 Å². The molecule has 3 heterocycles. The number of amides is 3. The van der Waals surface area contributed by atoms with Crippen LogP contribution in [0.3, 0.4) is 0 Å². The van der Waals surface area contributed by atoms with Crippen molar-refractivity contribution in [2.45, 2.75) is 51.1 Å². The van der Waals surface area contributed by atoms with Gasteiger partial charge in [0.2, 0.25) is 11.8 Å². The number of ether oxygens (including phenoxy) is 1. The van der Waals surface area contributed by atoms with Crippen LogP contribution in [0.4, 0.5) is 0 Å². The molecule has 180 valence electrons. The minimum atomic E-state index is -0.782. The number of hydrogen-bond donors (Lipinski definition) is 3. The number of H-pyrrole nitrogens is 1. The van der Waals surface area contributed by atoms with Gasteiger partial charge in [0.05, 0.1) is 13.2 Å². The number of benzene rings is 1. The first-order chi connectivity index (χ1) is 16.4. The van der Waals surface area contributed by atoms with E-state index in [-0.39, 0.29) is 36.0 Å². The number of carbonyl (C=O) groups is 3. The number of aromatic amines is 1. The van der Waals surface area contributed by atoms with E-state index in [1.54, 1.807) is 18.1 Å². The predicted molar refractivity (Wildman–Crippen MR) is 126 cm³/mol. The number of hydrogen-bond acceptors (Lipinski definition) is 5. The SMILES string of the molecule is COc1cccc2[nH]c(C(=O)N3CC(C)CC[C@H]3C(=O)N[C@H](C#N)C[C@@H]3CCCNC3=O)cc12. The Bertz CT molecular complexity index is 1120. The summed E-state index contributed by atoms with van der Waals surface area (Å²) in [5.74, 6) is -0.0495. The molecule has 9 nitrogen and oxygen atoms in total. The molecule has 1 aromatic carbocycles. The van der Waals surface area contributed by atoms with Crippen molar-refractivity contribution in [1.82, 2.24) is 20.5 Å². The van der Waals surface area contributed by atoms with Crippen LogP contribution in [0.25, 0.3) is 10.9 Å². The van der Waals surface area contributed by atoms with E-state index in [9.17, 15) is 19.6 Å². The van der Waals surface area contributed by atoms with Gasteiger partial charge in [-0.2, -0.15) is 5.26 Å². The van der Waals surface area contributed by atoms with Gasteiger partial charge >= 0.3 is 0 Å².